The number of allylic oxidation sites excluding steroid dienone is 2. The van der Waals surface area contributed by atoms with Crippen molar-refractivity contribution in [2.75, 3.05) is 12.4 Å². The fraction of sp³-hybridized carbons (Fsp3) is 0.250. The topological polar surface area (TPSA) is 58.6 Å². The minimum Gasteiger partial charge on any atom is -0.497 e. The minimum atomic E-state index is -0.920. The van der Waals surface area contributed by atoms with Crippen LogP contribution in [0, 0.1) is 5.92 Å². The van der Waals surface area contributed by atoms with Crippen LogP contribution in [0.4, 0.5) is 5.69 Å². The molecule has 0 bridgehead atoms. The Morgan fingerprint density at radius 1 is 1.24 bits per heavy atom. The predicted octanol–water partition coefficient (Wildman–Crippen LogP) is 4.87. The third-order valence-electron chi connectivity index (χ3n) is 5.17. The number of carbonyl (C=O) groups is 1. The lowest BCUT2D eigenvalue weighted by Crippen LogP contribution is -2.30. The molecule has 4 rings (SSSR count). The molecule has 2 aliphatic rings. The van der Waals surface area contributed by atoms with Gasteiger partial charge in [-0.25, -0.2) is 4.79 Å². The van der Waals surface area contributed by atoms with Gasteiger partial charge in [-0.05, 0) is 47.7 Å². The number of hydrogen-bond acceptors (Lipinski definition) is 3. The molecule has 0 amide bonds. The molecule has 0 fully saturated rings. The van der Waals surface area contributed by atoms with Gasteiger partial charge in [0.05, 0.1) is 29.4 Å². The number of hydrogen-bond donors (Lipinski definition) is 2. The molecule has 0 spiro atoms. The molecule has 1 aliphatic heterocycles. The Morgan fingerprint density at radius 2 is 2.00 bits per heavy atom. The van der Waals surface area contributed by atoms with Crippen molar-refractivity contribution < 1.29 is 14.6 Å². The number of aromatic carboxylic acids is 1. The molecule has 0 aromatic heterocycles. The number of ether oxygens (including phenoxy) is 1. The van der Waals surface area contributed by atoms with E-state index in [4.69, 9.17) is 16.3 Å². The summed E-state index contributed by atoms with van der Waals surface area (Å²) in [5, 5.41) is 13.6. The molecular formula is C20H18ClNO3. The standard InChI is InChI=1S/C20H18ClNO3/c1-25-12-7-5-11(6-8-12)18-14-4-2-3-13(14)17-15(20(23)24)9-10-16(21)19(17)22-18/h2-3,5-10,13-14,18,22H,4H2,1H3,(H,23,24)/t13-,14+,18-/m0/s1. The molecule has 0 radical (unpaired) electrons. The maximum Gasteiger partial charge on any atom is 0.336 e. The molecule has 128 valence electrons. The SMILES string of the molecule is COc1ccc([C@@H]2Nc3c(Cl)ccc(C(=O)O)c3[C@H]3C=CC[C@H]32)cc1. The Kier molecular flexibility index (Phi) is 3.92. The van der Waals surface area contributed by atoms with Crippen LogP contribution >= 0.6 is 11.6 Å². The summed E-state index contributed by atoms with van der Waals surface area (Å²) >= 11 is 6.41. The predicted molar refractivity (Wildman–Crippen MR) is 97.8 cm³/mol. The van der Waals surface area contributed by atoms with Crippen LogP contribution in [0.5, 0.6) is 5.75 Å². The van der Waals surface area contributed by atoms with Gasteiger partial charge in [0.15, 0.2) is 0 Å². The first-order valence-corrected chi connectivity index (χ1v) is 8.60. The van der Waals surface area contributed by atoms with E-state index in [1.54, 1.807) is 19.2 Å². The van der Waals surface area contributed by atoms with Crippen LogP contribution in [0.3, 0.4) is 0 Å². The zero-order valence-corrected chi connectivity index (χ0v) is 14.5. The number of methoxy groups -OCH3 is 1. The van der Waals surface area contributed by atoms with Gasteiger partial charge in [0, 0.05) is 5.92 Å². The largest absolute Gasteiger partial charge is 0.497 e. The van der Waals surface area contributed by atoms with Crippen LogP contribution in [-0.2, 0) is 0 Å². The molecule has 0 saturated heterocycles. The first kappa shape index (κ1) is 16.0. The highest BCUT2D eigenvalue weighted by Crippen LogP contribution is 2.52. The average molecular weight is 356 g/mol. The summed E-state index contributed by atoms with van der Waals surface area (Å²) in [6.45, 7) is 0. The van der Waals surface area contributed by atoms with Crippen LogP contribution in [0.25, 0.3) is 0 Å². The molecule has 25 heavy (non-hydrogen) atoms. The van der Waals surface area contributed by atoms with E-state index >= 15 is 0 Å². The van der Waals surface area contributed by atoms with E-state index in [0.717, 1.165) is 29.0 Å². The van der Waals surface area contributed by atoms with Crippen molar-refractivity contribution in [1.29, 1.82) is 0 Å². The van der Waals surface area contributed by atoms with E-state index in [-0.39, 0.29) is 17.9 Å². The second-order valence-electron chi connectivity index (χ2n) is 6.44. The minimum absolute atomic E-state index is 0.0492. The van der Waals surface area contributed by atoms with E-state index in [2.05, 4.69) is 17.5 Å². The first-order valence-electron chi connectivity index (χ1n) is 8.23. The van der Waals surface area contributed by atoms with Gasteiger partial charge in [-0.15, -0.1) is 0 Å². The summed E-state index contributed by atoms with van der Waals surface area (Å²) in [6, 6.07) is 11.3. The number of carboxylic acids is 1. The van der Waals surface area contributed by atoms with Gasteiger partial charge in [0.2, 0.25) is 0 Å². The van der Waals surface area contributed by atoms with Gasteiger partial charge >= 0.3 is 5.97 Å². The number of halogens is 1. The molecular weight excluding hydrogens is 338 g/mol. The third-order valence-corrected chi connectivity index (χ3v) is 5.49. The summed E-state index contributed by atoms with van der Waals surface area (Å²) < 4.78 is 5.24. The average Bonchev–Trinajstić information content (AvgIpc) is 3.11. The van der Waals surface area contributed by atoms with E-state index < -0.39 is 5.97 Å². The highest BCUT2D eigenvalue weighted by Gasteiger charge is 2.40. The number of rotatable bonds is 3. The van der Waals surface area contributed by atoms with Crippen LogP contribution in [0.15, 0.2) is 48.6 Å². The highest BCUT2D eigenvalue weighted by atomic mass is 35.5. The Morgan fingerprint density at radius 3 is 2.68 bits per heavy atom. The molecule has 1 heterocycles. The van der Waals surface area contributed by atoms with Gasteiger partial charge in [-0.2, -0.15) is 0 Å². The second-order valence-corrected chi connectivity index (χ2v) is 6.84. The Labute approximate surface area is 151 Å². The molecule has 0 unspecified atom stereocenters. The van der Waals surface area contributed by atoms with E-state index in [9.17, 15) is 9.90 Å². The van der Waals surface area contributed by atoms with Gasteiger partial charge < -0.3 is 15.2 Å². The van der Waals surface area contributed by atoms with Crippen LogP contribution in [0.1, 0.15) is 39.9 Å². The highest BCUT2D eigenvalue weighted by molar-refractivity contribution is 6.33. The fourth-order valence-corrected chi connectivity index (χ4v) is 4.22. The molecule has 3 atom stereocenters. The summed E-state index contributed by atoms with van der Waals surface area (Å²) in [6.07, 6.45) is 5.15. The van der Waals surface area contributed by atoms with Crippen LogP contribution in [-0.4, -0.2) is 18.2 Å². The maximum atomic E-state index is 11.7. The van der Waals surface area contributed by atoms with Gasteiger partial charge in [-0.3, -0.25) is 0 Å². The summed E-state index contributed by atoms with van der Waals surface area (Å²) in [7, 11) is 1.65. The van der Waals surface area contributed by atoms with Crippen molar-refractivity contribution in [3.63, 3.8) is 0 Å². The number of nitrogens with one attached hydrogen (secondary N) is 1. The van der Waals surface area contributed by atoms with Gasteiger partial charge in [-0.1, -0.05) is 35.9 Å². The number of anilines is 1. The Hall–Kier alpha value is -2.46. The van der Waals surface area contributed by atoms with Gasteiger partial charge in [0.1, 0.15) is 5.75 Å². The molecule has 5 heteroatoms. The molecule has 4 nitrogen and oxygen atoms in total. The van der Waals surface area contributed by atoms with Crippen molar-refractivity contribution >= 4 is 23.3 Å². The van der Waals surface area contributed by atoms with Crippen molar-refractivity contribution in [3.05, 3.63) is 70.3 Å². The molecule has 1 aliphatic carbocycles. The first-order chi connectivity index (χ1) is 12.1. The summed E-state index contributed by atoms with van der Waals surface area (Å²) in [5.41, 5.74) is 2.99. The zero-order valence-electron chi connectivity index (χ0n) is 13.7. The molecule has 0 saturated carbocycles. The quantitative estimate of drug-likeness (QED) is 0.771. The normalized spacial score (nSPS) is 23.5. The van der Waals surface area contributed by atoms with Crippen molar-refractivity contribution in [1.82, 2.24) is 0 Å². The lowest BCUT2D eigenvalue weighted by Gasteiger charge is -2.38. The van der Waals surface area contributed by atoms with E-state index in [1.165, 1.54) is 0 Å². The number of carboxylic acid groups (broad SMARTS) is 1. The maximum absolute atomic E-state index is 11.7. The lowest BCUT2D eigenvalue weighted by molar-refractivity contribution is 0.0695. The second kappa shape index (κ2) is 6.12. The third kappa shape index (κ3) is 2.57. The summed E-state index contributed by atoms with van der Waals surface area (Å²) in [5.74, 6) is 0.203. The van der Waals surface area contributed by atoms with Crippen molar-refractivity contribution in [2.45, 2.75) is 18.4 Å². The van der Waals surface area contributed by atoms with Crippen molar-refractivity contribution in [2.24, 2.45) is 5.92 Å². The van der Waals surface area contributed by atoms with E-state index in [0.29, 0.717) is 10.6 Å². The lowest BCUT2D eigenvalue weighted by atomic mass is 9.75. The molecule has 2 N–H and O–H groups in total. The number of benzene rings is 2. The van der Waals surface area contributed by atoms with Crippen molar-refractivity contribution in [3.8, 4) is 5.75 Å². The smallest absolute Gasteiger partial charge is 0.336 e. The zero-order chi connectivity index (χ0) is 17.6. The monoisotopic (exact) mass is 355 g/mol. The molecule has 2 aromatic rings. The summed E-state index contributed by atoms with van der Waals surface area (Å²) in [4.78, 5) is 11.7. The Bertz CT molecular complexity index is 860. The fourth-order valence-electron chi connectivity index (χ4n) is 4.00. The number of fused-ring (bicyclic) bond motifs is 3. The van der Waals surface area contributed by atoms with E-state index in [1.807, 2.05) is 24.3 Å². The Balaban J connectivity index is 1.82. The van der Waals surface area contributed by atoms with Gasteiger partial charge in [0.25, 0.3) is 0 Å². The van der Waals surface area contributed by atoms with Crippen LogP contribution < -0.4 is 10.1 Å². The molecule has 2 aromatic carbocycles. The van der Waals surface area contributed by atoms with Crippen LogP contribution in [0.2, 0.25) is 5.02 Å².